The number of carbonyl (C=O) groups excluding carboxylic acids is 2. The summed E-state index contributed by atoms with van der Waals surface area (Å²) in [6.45, 7) is 2.79. The smallest absolute Gasteiger partial charge is 0.274 e. The lowest BCUT2D eigenvalue weighted by molar-refractivity contribution is -0.0859. The molecular formula is C23H25ClFN3O5. The van der Waals surface area contributed by atoms with E-state index in [4.69, 9.17) is 16.3 Å². The van der Waals surface area contributed by atoms with Gasteiger partial charge in [0, 0.05) is 38.5 Å². The lowest BCUT2D eigenvalue weighted by Gasteiger charge is -2.53. The maximum Gasteiger partial charge on any atom is 0.274 e. The van der Waals surface area contributed by atoms with E-state index in [-0.39, 0.29) is 34.5 Å². The third kappa shape index (κ3) is 4.00. The fourth-order valence-electron chi connectivity index (χ4n) is 4.58. The number of aromatic nitrogens is 1. The number of nitrogens with one attached hydrogen (secondary N) is 1. The first-order valence-electron chi connectivity index (χ1n) is 10.8. The first-order valence-corrected chi connectivity index (χ1v) is 11.1. The van der Waals surface area contributed by atoms with E-state index in [2.05, 4.69) is 5.32 Å². The van der Waals surface area contributed by atoms with E-state index in [0.29, 0.717) is 26.0 Å². The van der Waals surface area contributed by atoms with Crippen molar-refractivity contribution in [2.24, 2.45) is 0 Å². The van der Waals surface area contributed by atoms with Crippen LogP contribution in [0.5, 0.6) is 5.75 Å². The summed E-state index contributed by atoms with van der Waals surface area (Å²) in [6, 6.07) is 4.40. The number of rotatable bonds is 6. The SMILES string of the molecule is CCCOC1CC2(C1)CN(C)C(=O)c1c(O)c(=O)c(C(=O)NCc3cccc(Cl)c3F)cn12. The first-order chi connectivity index (χ1) is 15.7. The minimum absolute atomic E-state index is 0.0101. The van der Waals surface area contributed by atoms with Crippen LogP contribution >= 0.6 is 11.6 Å². The van der Waals surface area contributed by atoms with Gasteiger partial charge in [0.2, 0.25) is 5.43 Å². The number of halogens is 2. The third-order valence-corrected chi connectivity index (χ3v) is 6.56. The molecule has 1 aliphatic carbocycles. The fourth-order valence-corrected chi connectivity index (χ4v) is 4.78. The highest BCUT2D eigenvalue weighted by Crippen LogP contribution is 2.45. The molecule has 2 amide bonds. The summed E-state index contributed by atoms with van der Waals surface area (Å²) in [7, 11) is 1.61. The van der Waals surface area contributed by atoms with Crippen molar-refractivity contribution in [1.82, 2.24) is 14.8 Å². The number of pyridine rings is 1. The van der Waals surface area contributed by atoms with Crippen LogP contribution in [0.3, 0.4) is 0 Å². The van der Waals surface area contributed by atoms with Crippen LogP contribution < -0.4 is 10.7 Å². The average molecular weight is 478 g/mol. The summed E-state index contributed by atoms with van der Waals surface area (Å²) in [5.74, 6) is -2.72. The zero-order valence-corrected chi connectivity index (χ0v) is 19.1. The molecule has 0 bridgehead atoms. The Bertz CT molecular complexity index is 1180. The van der Waals surface area contributed by atoms with Crippen LogP contribution in [0.15, 0.2) is 29.2 Å². The van der Waals surface area contributed by atoms with Crippen molar-refractivity contribution in [2.75, 3.05) is 20.2 Å². The molecule has 2 heterocycles. The van der Waals surface area contributed by atoms with Crippen molar-refractivity contribution in [3.63, 3.8) is 0 Å². The number of nitrogens with zero attached hydrogens (tertiary/aromatic N) is 2. The molecule has 1 fully saturated rings. The minimum atomic E-state index is -0.956. The molecule has 0 atom stereocenters. The van der Waals surface area contributed by atoms with Crippen molar-refractivity contribution in [3.8, 4) is 5.75 Å². The second-order valence-corrected chi connectivity index (χ2v) is 9.03. The molecule has 0 radical (unpaired) electrons. The molecule has 1 aromatic carbocycles. The van der Waals surface area contributed by atoms with E-state index < -0.39 is 34.3 Å². The Balaban J connectivity index is 1.66. The average Bonchev–Trinajstić information content (AvgIpc) is 2.76. The van der Waals surface area contributed by atoms with E-state index in [1.165, 1.54) is 23.2 Å². The van der Waals surface area contributed by atoms with E-state index in [0.717, 1.165) is 6.42 Å². The number of carbonyl (C=O) groups is 2. The van der Waals surface area contributed by atoms with Gasteiger partial charge in [0.25, 0.3) is 11.8 Å². The summed E-state index contributed by atoms with van der Waals surface area (Å²) in [6.07, 6.45) is 3.35. The highest BCUT2D eigenvalue weighted by molar-refractivity contribution is 6.30. The standard InChI is InChI=1S/C23H25ClFN3O5/c1-3-7-33-14-8-23(9-14)12-27(2)22(32)18-20(30)19(29)15(11-28(18)23)21(31)26-10-13-5-4-6-16(24)17(13)25/h4-6,11,14,30H,3,7-10,12H2,1-2H3,(H,26,31). The van der Waals surface area contributed by atoms with Gasteiger partial charge >= 0.3 is 0 Å². The second-order valence-electron chi connectivity index (χ2n) is 8.62. The van der Waals surface area contributed by atoms with Crippen molar-refractivity contribution < 1.29 is 23.8 Å². The summed E-state index contributed by atoms with van der Waals surface area (Å²) in [5, 5.41) is 13.0. The van der Waals surface area contributed by atoms with Gasteiger partial charge in [-0.05, 0) is 25.3 Å². The van der Waals surface area contributed by atoms with E-state index in [1.807, 2.05) is 6.92 Å². The van der Waals surface area contributed by atoms with Gasteiger partial charge in [-0.1, -0.05) is 30.7 Å². The Morgan fingerprint density at radius 3 is 2.79 bits per heavy atom. The molecule has 2 aromatic rings. The van der Waals surface area contributed by atoms with Crippen molar-refractivity contribution in [1.29, 1.82) is 0 Å². The minimum Gasteiger partial charge on any atom is -0.503 e. The Kier molecular flexibility index (Phi) is 6.20. The van der Waals surface area contributed by atoms with Gasteiger partial charge in [0.05, 0.1) is 16.7 Å². The van der Waals surface area contributed by atoms with Crippen molar-refractivity contribution >= 4 is 23.4 Å². The van der Waals surface area contributed by atoms with Gasteiger partial charge < -0.3 is 24.6 Å². The van der Waals surface area contributed by atoms with Gasteiger partial charge in [0.15, 0.2) is 11.4 Å². The molecule has 1 spiro atoms. The molecule has 10 heteroatoms. The number of hydrogen-bond acceptors (Lipinski definition) is 5. The van der Waals surface area contributed by atoms with Crippen LogP contribution in [0.2, 0.25) is 5.02 Å². The number of aromatic hydroxyl groups is 1. The molecule has 8 nitrogen and oxygen atoms in total. The van der Waals surface area contributed by atoms with Gasteiger partial charge in [0.1, 0.15) is 11.4 Å². The molecule has 1 aliphatic heterocycles. The third-order valence-electron chi connectivity index (χ3n) is 6.26. The maximum absolute atomic E-state index is 14.1. The van der Waals surface area contributed by atoms with Crippen LogP contribution in [-0.2, 0) is 16.8 Å². The van der Waals surface area contributed by atoms with E-state index in [1.54, 1.807) is 17.7 Å². The number of likely N-dealkylation sites (N-methyl/N-ethyl adjacent to an activating group) is 1. The van der Waals surface area contributed by atoms with Gasteiger partial charge in [-0.2, -0.15) is 0 Å². The normalized spacial score (nSPS) is 21.6. The summed E-state index contributed by atoms with van der Waals surface area (Å²) in [4.78, 5) is 39.8. The first kappa shape index (κ1) is 23.3. The number of amides is 2. The summed E-state index contributed by atoms with van der Waals surface area (Å²) in [5.41, 5.74) is -1.85. The number of fused-ring (bicyclic) bond motifs is 2. The monoisotopic (exact) mass is 477 g/mol. The highest BCUT2D eigenvalue weighted by Gasteiger charge is 2.52. The van der Waals surface area contributed by atoms with Gasteiger partial charge in [-0.25, -0.2) is 4.39 Å². The fraction of sp³-hybridized carbons (Fsp3) is 0.435. The van der Waals surface area contributed by atoms with Gasteiger partial charge in [-0.15, -0.1) is 0 Å². The van der Waals surface area contributed by atoms with Crippen LogP contribution in [0.1, 0.15) is 52.6 Å². The van der Waals surface area contributed by atoms with Crippen molar-refractivity contribution in [3.05, 3.63) is 62.3 Å². The Morgan fingerprint density at radius 2 is 2.09 bits per heavy atom. The Hall–Kier alpha value is -2.91. The summed E-state index contributed by atoms with van der Waals surface area (Å²) < 4.78 is 21.5. The topological polar surface area (TPSA) is 101 Å². The lowest BCUT2D eigenvalue weighted by atomic mass is 9.72. The van der Waals surface area contributed by atoms with Crippen molar-refractivity contribution in [2.45, 2.75) is 44.4 Å². The molecule has 2 aliphatic rings. The molecular weight excluding hydrogens is 453 g/mol. The van der Waals surface area contributed by atoms with Gasteiger partial charge in [-0.3, -0.25) is 14.4 Å². The molecule has 0 saturated heterocycles. The van der Waals surface area contributed by atoms with Crippen LogP contribution in [0.4, 0.5) is 4.39 Å². The molecule has 1 saturated carbocycles. The van der Waals surface area contributed by atoms with E-state index >= 15 is 0 Å². The Labute approximate surface area is 194 Å². The largest absolute Gasteiger partial charge is 0.503 e. The molecule has 2 N–H and O–H groups in total. The maximum atomic E-state index is 14.1. The second kappa shape index (κ2) is 8.79. The predicted molar refractivity (Wildman–Crippen MR) is 119 cm³/mol. The zero-order chi connectivity index (χ0) is 23.9. The lowest BCUT2D eigenvalue weighted by Crippen LogP contribution is -2.61. The molecule has 176 valence electrons. The molecule has 33 heavy (non-hydrogen) atoms. The quantitative estimate of drug-likeness (QED) is 0.666. The molecule has 0 unspecified atom stereocenters. The highest BCUT2D eigenvalue weighted by atomic mass is 35.5. The van der Waals surface area contributed by atoms with Crippen LogP contribution in [-0.4, -0.2) is 52.7 Å². The molecule has 1 aromatic heterocycles. The Morgan fingerprint density at radius 1 is 1.36 bits per heavy atom. The number of benzene rings is 1. The van der Waals surface area contributed by atoms with E-state index in [9.17, 15) is 23.9 Å². The summed E-state index contributed by atoms with van der Waals surface area (Å²) >= 11 is 5.77. The van der Waals surface area contributed by atoms with Crippen LogP contribution in [0.25, 0.3) is 0 Å². The predicted octanol–water partition coefficient (Wildman–Crippen LogP) is 2.65. The number of ether oxygens (including phenoxy) is 1. The number of hydrogen-bond donors (Lipinski definition) is 2. The molecule has 4 rings (SSSR count). The zero-order valence-electron chi connectivity index (χ0n) is 18.4. The van der Waals surface area contributed by atoms with Crippen LogP contribution in [0, 0.1) is 5.82 Å².